The van der Waals surface area contributed by atoms with Crippen molar-refractivity contribution in [2.75, 3.05) is 6.54 Å². The molecule has 3 aromatic rings. The van der Waals surface area contributed by atoms with Gasteiger partial charge in [-0.3, -0.25) is 9.59 Å². The Morgan fingerprint density at radius 1 is 1.14 bits per heavy atom. The maximum atomic E-state index is 12.4. The summed E-state index contributed by atoms with van der Waals surface area (Å²) in [4.78, 5) is 34.1. The highest BCUT2D eigenvalue weighted by Crippen LogP contribution is 2.34. The fourth-order valence-corrected chi connectivity index (χ4v) is 5.09. The van der Waals surface area contributed by atoms with E-state index in [1.165, 1.54) is 16.0 Å². The number of aromatic amines is 1. The number of nitrogens with one attached hydrogen (secondary N) is 2. The molecule has 1 aromatic carbocycles. The van der Waals surface area contributed by atoms with Gasteiger partial charge in [0.2, 0.25) is 5.91 Å². The van der Waals surface area contributed by atoms with Gasteiger partial charge < -0.3 is 10.3 Å². The number of thiophene rings is 1. The number of rotatable bonds is 8. The average molecular weight is 396 g/mol. The van der Waals surface area contributed by atoms with Crippen molar-refractivity contribution in [3.8, 4) is 0 Å². The first-order valence-corrected chi connectivity index (χ1v) is 10.9. The second-order valence-electron chi connectivity index (χ2n) is 7.34. The number of hydrogen-bond acceptors (Lipinski definition) is 4. The first-order chi connectivity index (χ1) is 13.7. The lowest BCUT2D eigenvalue weighted by atomic mass is 10.1. The Labute approximate surface area is 168 Å². The van der Waals surface area contributed by atoms with Crippen LogP contribution in [0, 0.1) is 0 Å². The highest BCUT2D eigenvalue weighted by Gasteiger charge is 2.21. The number of fused-ring (bicyclic) bond motifs is 3. The van der Waals surface area contributed by atoms with Crippen LogP contribution in [-0.4, -0.2) is 22.4 Å². The van der Waals surface area contributed by atoms with E-state index in [0.29, 0.717) is 25.2 Å². The highest BCUT2D eigenvalue weighted by molar-refractivity contribution is 7.18. The van der Waals surface area contributed by atoms with Gasteiger partial charge in [-0.25, -0.2) is 4.98 Å². The Hall–Kier alpha value is -2.47. The molecule has 2 heterocycles. The van der Waals surface area contributed by atoms with Crippen LogP contribution >= 0.6 is 11.3 Å². The van der Waals surface area contributed by atoms with E-state index in [4.69, 9.17) is 0 Å². The summed E-state index contributed by atoms with van der Waals surface area (Å²) >= 11 is 1.63. The second-order valence-corrected chi connectivity index (χ2v) is 8.43. The van der Waals surface area contributed by atoms with Gasteiger partial charge in [0.25, 0.3) is 5.56 Å². The normalized spacial score (nSPS) is 13.0. The standard InChI is InChI=1S/C22H25N3O2S/c26-19(23-14-5-4-9-15-7-2-1-3-8-15)13-12-18-24-21(27)20-16-10-6-11-17(16)28-22(20)25-18/h1-3,7-8H,4-6,9-14H2,(H,23,26)(H,24,25,27). The van der Waals surface area contributed by atoms with Gasteiger partial charge in [0, 0.05) is 24.3 Å². The number of carbonyl (C=O) groups excluding carboxylic acids is 1. The van der Waals surface area contributed by atoms with Crippen LogP contribution in [0.1, 0.15) is 47.5 Å². The molecule has 6 heteroatoms. The molecule has 0 aliphatic heterocycles. The lowest BCUT2D eigenvalue weighted by Crippen LogP contribution is -2.25. The van der Waals surface area contributed by atoms with Crippen molar-refractivity contribution >= 4 is 27.5 Å². The van der Waals surface area contributed by atoms with Crippen molar-refractivity contribution in [1.82, 2.24) is 15.3 Å². The Morgan fingerprint density at radius 3 is 2.86 bits per heavy atom. The zero-order valence-corrected chi connectivity index (χ0v) is 16.7. The molecule has 1 aliphatic rings. The Morgan fingerprint density at radius 2 is 2.00 bits per heavy atom. The third-order valence-electron chi connectivity index (χ3n) is 5.27. The van der Waals surface area contributed by atoms with Crippen molar-refractivity contribution in [1.29, 1.82) is 0 Å². The summed E-state index contributed by atoms with van der Waals surface area (Å²) in [5.41, 5.74) is 2.47. The molecular formula is C22H25N3O2S. The van der Waals surface area contributed by atoms with Gasteiger partial charge in [0.1, 0.15) is 10.7 Å². The van der Waals surface area contributed by atoms with Crippen molar-refractivity contribution in [2.45, 2.75) is 51.4 Å². The Balaban J connectivity index is 1.23. The van der Waals surface area contributed by atoms with Crippen LogP contribution in [0.15, 0.2) is 35.1 Å². The zero-order chi connectivity index (χ0) is 19.3. The number of aromatic nitrogens is 2. The van der Waals surface area contributed by atoms with Crippen molar-refractivity contribution < 1.29 is 4.79 Å². The molecule has 146 valence electrons. The van der Waals surface area contributed by atoms with Crippen LogP contribution in [-0.2, 0) is 30.5 Å². The van der Waals surface area contributed by atoms with Crippen LogP contribution in [0.25, 0.3) is 10.2 Å². The maximum Gasteiger partial charge on any atom is 0.259 e. The predicted octanol–water partition coefficient (Wildman–Crippen LogP) is 3.55. The van der Waals surface area contributed by atoms with Crippen molar-refractivity contribution in [3.05, 3.63) is 62.5 Å². The number of benzene rings is 1. The zero-order valence-electron chi connectivity index (χ0n) is 15.9. The number of aryl methyl sites for hydroxylation is 4. The lowest BCUT2D eigenvalue weighted by molar-refractivity contribution is -0.121. The Kier molecular flexibility index (Phi) is 5.86. The molecule has 0 saturated carbocycles. The number of amides is 1. The van der Waals surface area contributed by atoms with Gasteiger partial charge in [0.15, 0.2) is 0 Å². The molecule has 28 heavy (non-hydrogen) atoms. The minimum atomic E-state index is -0.0549. The summed E-state index contributed by atoms with van der Waals surface area (Å²) in [6.07, 6.45) is 7.02. The summed E-state index contributed by atoms with van der Waals surface area (Å²) in [5, 5.41) is 3.73. The first-order valence-electron chi connectivity index (χ1n) is 10.0. The molecular weight excluding hydrogens is 370 g/mol. The van der Waals surface area contributed by atoms with Crippen LogP contribution in [0.3, 0.4) is 0 Å². The minimum Gasteiger partial charge on any atom is -0.356 e. The smallest absolute Gasteiger partial charge is 0.259 e. The number of unbranched alkanes of at least 4 members (excludes halogenated alkanes) is 1. The molecule has 2 N–H and O–H groups in total. The summed E-state index contributed by atoms with van der Waals surface area (Å²) in [6, 6.07) is 10.4. The van der Waals surface area contributed by atoms with E-state index in [1.54, 1.807) is 11.3 Å². The van der Waals surface area contributed by atoms with Gasteiger partial charge in [0.05, 0.1) is 5.39 Å². The van der Waals surface area contributed by atoms with E-state index in [0.717, 1.165) is 48.7 Å². The average Bonchev–Trinajstić information content (AvgIpc) is 3.27. The summed E-state index contributed by atoms with van der Waals surface area (Å²) in [6.45, 7) is 0.687. The molecule has 4 rings (SSSR count). The lowest BCUT2D eigenvalue weighted by Gasteiger charge is -2.06. The van der Waals surface area contributed by atoms with Crippen molar-refractivity contribution in [3.63, 3.8) is 0 Å². The molecule has 0 radical (unpaired) electrons. The van der Waals surface area contributed by atoms with Gasteiger partial charge in [-0.2, -0.15) is 0 Å². The molecule has 5 nitrogen and oxygen atoms in total. The topological polar surface area (TPSA) is 74.8 Å². The van der Waals surface area contributed by atoms with E-state index in [1.807, 2.05) is 6.07 Å². The highest BCUT2D eigenvalue weighted by atomic mass is 32.1. The first kappa shape index (κ1) is 18.9. The number of hydrogen-bond donors (Lipinski definition) is 2. The third kappa shape index (κ3) is 4.33. The molecule has 1 amide bonds. The maximum absolute atomic E-state index is 12.4. The van der Waals surface area contributed by atoms with E-state index in [9.17, 15) is 9.59 Å². The van der Waals surface area contributed by atoms with E-state index in [2.05, 4.69) is 39.6 Å². The van der Waals surface area contributed by atoms with Crippen LogP contribution < -0.4 is 10.9 Å². The van der Waals surface area contributed by atoms with Gasteiger partial charge in [-0.15, -0.1) is 11.3 Å². The molecule has 2 aromatic heterocycles. The molecule has 1 aliphatic carbocycles. The summed E-state index contributed by atoms with van der Waals surface area (Å²) in [5.74, 6) is 0.618. The fourth-order valence-electron chi connectivity index (χ4n) is 3.81. The number of nitrogens with zero attached hydrogens (tertiary/aromatic N) is 1. The third-order valence-corrected chi connectivity index (χ3v) is 6.46. The minimum absolute atomic E-state index is 0.0103. The van der Waals surface area contributed by atoms with E-state index >= 15 is 0 Å². The van der Waals surface area contributed by atoms with Crippen LogP contribution in [0.4, 0.5) is 0 Å². The van der Waals surface area contributed by atoms with E-state index in [-0.39, 0.29) is 11.5 Å². The second kappa shape index (κ2) is 8.69. The summed E-state index contributed by atoms with van der Waals surface area (Å²) < 4.78 is 0. The van der Waals surface area contributed by atoms with Gasteiger partial charge >= 0.3 is 0 Å². The van der Waals surface area contributed by atoms with E-state index < -0.39 is 0 Å². The molecule has 0 unspecified atom stereocenters. The molecule has 0 bridgehead atoms. The fraction of sp³-hybridized carbons (Fsp3) is 0.409. The summed E-state index contributed by atoms with van der Waals surface area (Å²) in [7, 11) is 0. The quantitative estimate of drug-likeness (QED) is 0.573. The SMILES string of the molecule is O=C(CCc1nc2sc3c(c2c(=O)[nH]1)CCC3)NCCCCc1ccccc1. The Bertz CT molecular complexity index is 1020. The van der Waals surface area contributed by atoms with Gasteiger partial charge in [-0.1, -0.05) is 30.3 Å². The largest absolute Gasteiger partial charge is 0.356 e. The molecule has 0 atom stereocenters. The van der Waals surface area contributed by atoms with Crippen LogP contribution in [0.5, 0.6) is 0 Å². The monoisotopic (exact) mass is 395 g/mol. The van der Waals surface area contributed by atoms with Gasteiger partial charge in [-0.05, 0) is 49.7 Å². The molecule has 0 fully saturated rings. The molecule has 0 spiro atoms. The molecule has 0 saturated heterocycles. The number of H-pyrrole nitrogens is 1. The predicted molar refractivity (Wildman–Crippen MR) is 113 cm³/mol. The van der Waals surface area contributed by atoms with Crippen LogP contribution in [0.2, 0.25) is 0 Å². The number of carbonyl (C=O) groups is 1. The van der Waals surface area contributed by atoms with Crippen molar-refractivity contribution in [2.24, 2.45) is 0 Å².